The normalized spacial score (nSPS) is 13.6. The molecule has 1 saturated carbocycles. The minimum absolute atomic E-state index is 0.207. The van der Waals surface area contributed by atoms with Crippen molar-refractivity contribution in [3.63, 3.8) is 0 Å². The van der Waals surface area contributed by atoms with Gasteiger partial charge in [0.2, 0.25) is 0 Å². The number of hydrogen-bond acceptors (Lipinski definition) is 3. The zero-order valence-electron chi connectivity index (χ0n) is 14.7. The van der Waals surface area contributed by atoms with E-state index in [0.29, 0.717) is 17.2 Å². The van der Waals surface area contributed by atoms with Crippen LogP contribution in [0.1, 0.15) is 41.0 Å². The van der Waals surface area contributed by atoms with Crippen LogP contribution >= 0.6 is 0 Å². The summed E-state index contributed by atoms with van der Waals surface area (Å²) in [6.45, 7) is 1.01. The van der Waals surface area contributed by atoms with E-state index in [0.717, 1.165) is 35.3 Å². The summed E-state index contributed by atoms with van der Waals surface area (Å²) in [4.78, 5) is 11.6. The molecule has 1 fully saturated rings. The smallest absolute Gasteiger partial charge is 0.416 e. The number of amides is 1. The van der Waals surface area contributed by atoms with Crippen LogP contribution in [-0.4, -0.2) is 12.7 Å². The van der Waals surface area contributed by atoms with Gasteiger partial charge in [0.05, 0.1) is 5.69 Å². The minimum Gasteiger partial charge on any atom is -0.489 e. The lowest BCUT2D eigenvalue weighted by Crippen LogP contribution is -2.18. The molecule has 0 saturated heterocycles. The molecule has 1 amide bonds. The Morgan fingerprint density at radius 3 is 2.62 bits per heavy atom. The highest BCUT2D eigenvalue weighted by Gasteiger charge is 2.24. The zero-order chi connectivity index (χ0) is 18.7. The third-order valence-corrected chi connectivity index (χ3v) is 4.33. The molecule has 4 nitrogen and oxygen atoms in total. The van der Waals surface area contributed by atoms with E-state index in [1.54, 1.807) is 0 Å². The Morgan fingerprint density at radius 2 is 1.96 bits per heavy atom. The second-order valence-corrected chi connectivity index (χ2v) is 6.54. The number of nitrogens with one attached hydrogen (secondary N) is 1. The van der Waals surface area contributed by atoms with Crippen LogP contribution in [0.25, 0.3) is 0 Å². The van der Waals surface area contributed by atoms with Gasteiger partial charge in [-0.25, -0.2) is 4.79 Å². The fraction of sp³-hybridized carbons (Fsp3) is 0.350. The molecule has 0 aliphatic heterocycles. The van der Waals surface area contributed by atoms with Gasteiger partial charge < -0.3 is 9.47 Å². The van der Waals surface area contributed by atoms with E-state index in [-0.39, 0.29) is 6.61 Å². The van der Waals surface area contributed by atoms with Crippen molar-refractivity contribution in [3.05, 3.63) is 58.7 Å². The van der Waals surface area contributed by atoms with Crippen LogP contribution in [0, 0.1) is 13.8 Å². The number of ether oxygens (including phenoxy) is 2. The number of alkyl halides is 2. The summed E-state index contributed by atoms with van der Waals surface area (Å²) in [5, 5.41) is 2.40. The maximum atomic E-state index is 12.2. The molecule has 0 bridgehead atoms. The molecule has 0 spiro atoms. The predicted molar refractivity (Wildman–Crippen MR) is 94.8 cm³/mol. The molecule has 26 heavy (non-hydrogen) atoms. The molecule has 2 aromatic rings. The topological polar surface area (TPSA) is 47.6 Å². The van der Waals surface area contributed by atoms with Gasteiger partial charge in [-0.15, -0.1) is 0 Å². The summed E-state index contributed by atoms with van der Waals surface area (Å²) in [6, 6.07) is 11.5. The second kappa shape index (κ2) is 7.72. The van der Waals surface area contributed by atoms with Crippen LogP contribution in [0.2, 0.25) is 0 Å². The SMILES string of the molecule is Cc1ccc(OCc2ccc(C3CC3)cc2NC(=O)OC(F)F)c(C)c1. The van der Waals surface area contributed by atoms with Gasteiger partial charge in [-0.1, -0.05) is 29.8 Å². The van der Waals surface area contributed by atoms with Crippen molar-refractivity contribution >= 4 is 11.8 Å². The molecule has 2 aromatic carbocycles. The number of rotatable bonds is 6. The van der Waals surface area contributed by atoms with E-state index in [1.165, 1.54) is 0 Å². The van der Waals surface area contributed by atoms with Crippen molar-refractivity contribution in [2.45, 2.75) is 45.8 Å². The zero-order valence-corrected chi connectivity index (χ0v) is 14.7. The van der Waals surface area contributed by atoms with Crippen LogP contribution < -0.4 is 10.1 Å². The highest BCUT2D eigenvalue weighted by Crippen LogP contribution is 2.41. The van der Waals surface area contributed by atoms with Gasteiger partial charge in [0.15, 0.2) is 0 Å². The molecule has 0 heterocycles. The number of hydrogen-bond donors (Lipinski definition) is 1. The Bertz CT molecular complexity index is 804. The number of carbonyl (C=O) groups excluding carboxylic acids is 1. The first kappa shape index (κ1) is 18.2. The Labute approximate surface area is 151 Å². The first-order valence-corrected chi connectivity index (χ1v) is 8.51. The highest BCUT2D eigenvalue weighted by molar-refractivity contribution is 5.86. The molecule has 6 heteroatoms. The van der Waals surface area contributed by atoms with Crippen LogP contribution in [0.5, 0.6) is 5.75 Å². The average molecular weight is 361 g/mol. The molecular weight excluding hydrogens is 340 g/mol. The van der Waals surface area contributed by atoms with E-state index in [9.17, 15) is 13.6 Å². The Kier molecular flexibility index (Phi) is 5.40. The quantitative estimate of drug-likeness (QED) is 0.736. The van der Waals surface area contributed by atoms with E-state index in [1.807, 2.05) is 50.2 Å². The summed E-state index contributed by atoms with van der Waals surface area (Å²) in [7, 11) is 0. The standard InChI is InChI=1S/C20H21F2NO3/c1-12-3-8-18(13(2)9-12)25-11-16-7-6-15(14-4-5-14)10-17(16)23-20(24)26-19(21)22/h3,6-10,14,19H,4-5,11H2,1-2H3,(H,23,24). The Hall–Kier alpha value is -2.63. The largest absolute Gasteiger partial charge is 0.489 e. The monoisotopic (exact) mass is 361 g/mol. The number of benzene rings is 2. The molecule has 1 N–H and O–H groups in total. The molecule has 3 rings (SSSR count). The van der Waals surface area contributed by atoms with Crippen molar-refractivity contribution in [1.29, 1.82) is 0 Å². The van der Waals surface area contributed by atoms with Crippen molar-refractivity contribution in [2.24, 2.45) is 0 Å². The summed E-state index contributed by atoms with van der Waals surface area (Å²) >= 11 is 0. The maximum absolute atomic E-state index is 12.2. The molecule has 1 aliphatic rings. The first-order chi connectivity index (χ1) is 12.4. The minimum atomic E-state index is -3.16. The van der Waals surface area contributed by atoms with E-state index >= 15 is 0 Å². The molecule has 1 aliphatic carbocycles. The average Bonchev–Trinajstić information content (AvgIpc) is 3.39. The van der Waals surface area contributed by atoms with Crippen LogP contribution in [0.15, 0.2) is 36.4 Å². The first-order valence-electron chi connectivity index (χ1n) is 8.51. The van der Waals surface area contributed by atoms with E-state index in [4.69, 9.17) is 4.74 Å². The molecule has 0 radical (unpaired) electrons. The molecule has 0 aromatic heterocycles. The summed E-state index contributed by atoms with van der Waals surface area (Å²) in [5.41, 5.74) is 4.35. The van der Waals surface area contributed by atoms with Crippen molar-refractivity contribution in [1.82, 2.24) is 0 Å². The lowest BCUT2D eigenvalue weighted by Gasteiger charge is -2.15. The van der Waals surface area contributed by atoms with Crippen molar-refractivity contribution < 1.29 is 23.0 Å². The third-order valence-electron chi connectivity index (χ3n) is 4.33. The van der Waals surface area contributed by atoms with Gasteiger partial charge >= 0.3 is 12.7 Å². The Balaban J connectivity index is 1.77. The van der Waals surface area contributed by atoms with Crippen LogP contribution in [0.3, 0.4) is 0 Å². The van der Waals surface area contributed by atoms with Gasteiger partial charge in [0.1, 0.15) is 12.4 Å². The molecule has 0 atom stereocenters. The van der Waals surface area contributed by atoms with Gasteiger partial charge in [0.25, 0.3) is 0 Å². The number of halogens is 2. The lowest BCUT2D eigenvalue weighted by molar-refractivity contribution is -0.0766. The third kappa shape index (κ3) is 4.71. The van der Waals surface area contributed by atoms with Crippen LogP contribution in [-0.2, 0) is 11.3 Å². The predicted octanol–water partition coefficient (Wildman–Crippen LogP) is 5.53. The fourth-order valence-corrected chi connectivity index (χ4v) is 2.84. The molecular formula is C20H21F2NO3. The fourth-order valence-electron chi connectivity index (χ4n) is 2.84. The number of aryl methyl sites for hydroxylation is 2. The van der Waals surface area contributed by atoms with Gasteiger partial charge in [-0.2, -0.15) is 8.78 Å². The molecule has 138 valence electrons. The summed E-state index contributed by atoms with van der Waals surface area (Å²) in [6.07, 6.45) is 1.01. The van der Waals surface area contributed by atoms with E-state index < -0.39 is 12.7 Å². The second-order valence-electron chi connectivity index (χ2n) is 6.54. The number of anilines is 1. The summed E-state index contributed by atoms with van der Waals surface area (Å²) < 4.78 is 34.2. The van der Waals surface area contributed by atoms with E-state index in [2.05, 4.69) is 10.1 Å². The maximum Gasteiger partial charge on any atom is 0.416 e. The summed E-state index contributed by atoms with van der Waals surface area (Å²) in [5.74, 6) is 1.21. The van der Waals surface area contributed by atoms with Gasteiger partial charge in [-0.3, -0.25) is 5.32 Å². The van der Waals surface area contributed by atoms with Crippen molar-refractivity contribution in [3.8, 4) is 5.75 Å². The highest BCUT2D eigenvalue weighted by atomic mass is 19.3. The lowest BCUT2D eigenvalue weighted by atomic mass is 10.1. The van der Waals surface area contributed by atoms with Crippen LogP contribution in [0.4, 0.5) is 19.3 Å². The van der Waals surface area contributed by atoms with Gasteiger partial charge in [0, 0.05) is 5.56 Å². The number of carbonyl (C=O) groups is 1. The van der Waals surface area contributed by atoms with Crippen molar-refractivity contribution in [2.75, 3.05) is 5.32 Å². The van der Waals surface area contributed by atoms with Gasteiger partial charge in [-0.05, 0) is 55.9 Å². The Morgan fingerprint density at radius 1 is 1.19 bits per heavy atom. The molecule has 0 unspecified atom stereocenters.